The highest BCUT2D eigenvalue weighted by molar-refractivity contribution is 5.81. The lowest BCUT2D eigenvalue weighted by Crippen LogP contribution is -2.48. The first-order valence-electron chi connectivity index (χ1n) is 6.58. The van der Waals surface area contributed by atoms with Crippen molar-refractivity contribution < 1.29 is 5.21 Å². The van der Waals surface area contributed by atoms with E-state index in [-0.39, 0.29) is 5.54 Å². The van der Waals surface area contributed by atoms with E-state index in [1.807, 2.05) is 6.07 Å². The standard InChI is InChI=1S/C15H22N2O/c1-5-17-14-7-6-12(10-16-18)8-13(14)11(2)9-15(17,3)4/h6-8,10-11,18H,5,9H2,1-4H3/t11-/m0/s1. The highest BCUT2D eigenvalue weighted by atomic mass is 16.4. The largest absolute Gasteiger partial charge is 0.411 e. The van der Waals surface area contributed by atoms with E-state index in [9.17, 15) is 0 Å². The Hall–Kier alpha value is -1.51. The second-order valence-electron chi connectivity index (χ2n) is 5.72. The molecule has 1 aromatic carbocycles. The van der Waals surface area contributed by atoms with E-state index in [0.29, 0.717) is 5.92 Å². The van der Waals surface area contributed by atoms with E-state index in [1.165, 1.54) is 17.5 Å². The van der Waals surface area contributed by atoms with Crippen LogP contribution in [-0.2, 0) is 0 Å². The van der Waals surface area contributed by atoms with Crippen LogP contribution in [0, 0.1) is 0 Å². The SMILES string of the molecule is CCN1c2ccc(C=NO)cc2[C@@H](C)CC1(C)C. The van der Waals surface area contributed by atoms with Gasteiger partial charge in [0.15, 0.2) is 0 Å². The summed E-state index contributed by atoms with van der Waals surface area (Å²) < 4.78 is 0. The molecule has 1 aromatic rings. The van der Waals surface area contributed by atoms with Crippen LogP contribution in [0.3, 0.4) is 0 Å². The summed E-state index contributed by atoms with van der Waals surface area (Å²) >= 11 is 0. The number of anilines is 1. The smallest absolute Gasteiger partial charge is 0.0733 e. The van der Waals surface area contributed by atoms with Gasteiger partial charge in [-0.1, -0.05) is 18.1 Å². The molecule has 0 amide bonds. The van der Waals surface area contributed by atoms with Crippen LogP contribution in [0.2, 0.25) is 0 Å². The van der Waals surface area contributed by atoms with Crippen molar-refractivity contribution in [1.29, 1.82) is 0 Å². The molecule has 0 aliphatic carbocycles. The Bertz CT molecular complexity index is 466. The van der Waals surface area contributed by atoms with E-state index in [4.69, 9.17) is 5.21 Å². The maximum atomic E-state index is 8.63. The van der Waals surface area contributed by atoms with Crippen LogP contribution in [0.5, 0.6) is 0 Å². The van der Waals surface area contributed by atoms with Crippen molar-refractivity contribution in [2.75, 3.05) is 11.4 Å². The van der Waals surface area contributed by atoms with E-state index in [1.54, 1.807) is 0 Å². The van der Waals surface area contributed by atoms with Crippen molar-refractivity contribution in [3.05, 3.63) is 29.3 Å². The van der Waals surface area contributed by atoms with E-state index in [2.05, 4.69) is 49.9 Å². The van der Waals surface area contributed by atoms with Gasteiger partial charge in [0.05, 0.1) is 6.21 Å². The molecule has 1 aliphatic rings. The second kappa shape index (κ2) is 4.63. The molecule has 0 spiro atoms. The number of hydrogen-bond acceptors (Lipinski definition) is 3. The number of hydrogen-bond donors (Lipinski definition) is 1. The Morgan fingerprint density at radius 2 is 2.22 bits per heavy atom. The van der Waals surface area contributed by atoms with Gasteiger partial charge < -0.3 is 10.1 Å². The number of benzene rings is 1. The molecule has 0 unspecified atom stereocenters. The number of oxime groups is 1. The molecule has 3 heteroatoms. The van der Waals surface area contributed by atoms with Gasteiger partial charge in [0.1, 0.15) is 0 Å². The van der Waals surface area contributed by atoms with Crippen LogP contribution in [0.25, 0.3) is 0 Å². The van der Waals surface area contributed by atoms with Crippen LogP contribution in [-0.4, -0.2) is 23.5 Å². The Balaban J connectivity index is 2.51. The van der Waals surface area contributed by atoms with Crippen LogP contribution in [0.4, 0.5) is 5.69 Å². The minimum Gasteiger partial charge on any atom is -0.411 e. The molecule has 0 saturated carbocycles. The third-order valence-corrected chi connectivity index (χ3v) is 3.93. The van der Waals surface area contributed by atoms with Crippen LogP contribution in [0.1, 0.15) is 51.2 Å². The molecule has 0 saturated heterocycles. The number of nitrogens with zero attached hydrogens (tertiary/aromatic N) is 2. The average molecular weight is 246 g/mol. The molecule has 0 bridgehead atoms. The lowest BCUT2D eigenvalue weighted by Gasteiger charge is -2.47. The quantitative estimate of drug-likeness (QED) is 0.491. The lowest BCUT2D eigenvalue weighted by molar-refractivity contribution is 0.322. The van der Waals surface area contributed by atoms with Gasteiger partial charge >= 0.3 is 0 Å². The summed E-state index contributed by atoms with van der Waals surface area (Å²) in [6, 6.07) is 6.29. The van der Waals surface area contributed by atoms with E-state index in [0.717, 1.165) is 18.5 Å². The fraction of sp³-hybridized carbons (Fsp3) is 0.533. The Morgan fingerprint density at radius 3 is 2.83 bits per heavy atom. The van der Waals surface area contributed by atoms with Crippen molar-refractivity contribution in [2.45, 2.75) is 45.6 Å². The summed E-state index contributed by atoms with van der Waals surface area (Å²) in [7, 11) is 0. The predicted octanol–water partition coefficient (Wildman–Crippen LogP) is 3.61. The number of rotatable bonds is 2. The van der Waals surface area contributed by atoms with Gasteiger partial charge in [-0.05, 0) is 56.4 Å². The monoisotopic (exact) mass is 246 g/mol. The topological polar surface area (TPSA) is 35.8 Å². The Labute approximate surface area is 109 Å². The molecule has 18 heavy (non-hydrogen) atoms. The molecule has 2 rings (SSSR count). The summed E-state index contributed by atoms with van der Waals surface area (Å²) in [6.07, 6.45) is 2.64. The highest BCUT2D eigenvalue weighted by Gasteiger charge is 2.35. The summed E-state index contributed by atoms with van der Waals surface area (Å²) in [4.78, 5) is 2.46. The third-order valence-electron chi connectivity index (χ3n) is 3.93. The van der Waals surface area contributed by atoms with E-state index >= 15 is 0 Å². The Morgan fingerprint density at radius 1 is 1.50 bits per heavy atom. The maximum Gasteiger partial charge on any atom is 0.0733 e. The fourth-order valence-corrected chi connectivity index (χ4v) is 3.25. The number of fused-ring (bicyclic) bond motifs is 1. The molecule has 0 radical (unpaired) electrons. The maximum absolute atomic E-state index is 8.63. The minimum absolute atomic E-state index is 0.202. The summed E-state index contributed by atoms with van der Waals surface area (Å²) in [5.74, 6) is 0.532. The van der Waals surface area contributed by atoms with Crippen molar-refractivity contribution in [3.63, 3.8) is 0 Å². The highest BCUT2D eigenvalue weighted by Crippen LogP contribution is 2.43. The zero-order valence-electron chi connectivity index (χ0n) is 11.6. The summed E-state index contributed by atoms with van der Waals surface area (Å²) in [5.41, 5.74) is 3.83. The van der Waals surface area contributed by atoms with Gasteiger partial charge in [-0.2, -0.15) is 0 Å². The first kappa shape index (κ1) is 12.9. The van der Waals surface area contributed by atoms with Crippen molar-refractivity contribution in [3.8, 4) is 0 Å². The fourth-order valence-electron chi connectivity index (χ4n) is 3.25. The zero-order valence-corrected chi connectivity index (χ0v) is 11.6. The molecule has 1 N–H and O–H groups in total. The summed E-state index contributed by atoms with van der Waals surface area (Å²) in [5, 5.41) is 11.7. The van der Waals surface area contributed by atoms with E-state index < -0.39 is 0 Å². The third kappa shape index (κ3) is 2.09. The van der Waals surface area contributed by atoms with Crippen LogP contribution in [0.15, 0.2) is 23.4 Å². The molecule has 0 aromatic heterocycles. The van der Waals surface area contributed by atoms with Crippen LogP contribution < -0.4 is 4.90 Å². The molecule has 1 heterocycles. The Kier molecular flexibility index (Phi) is 3.33. The predicted molar refractivity (Wildman–Crippen MR) is 76.0 cm³/mol. The molecule has 3 nitrogen and oxygen atoms in total. The second-order valence-corrected chi connectivity index (χ2v) is 5.72. The first-order valence-corrected chi connectivity index (χ1v) is 6.58. The molecule has 98 valence electrons. The summed E-state index contributed by atoms with van der Waals surface area (Å²) in [6.45, 7) is 10.1. The first-order chi connectivity index (χ1) is 8.49. The van der Waals surface area contributed by atoms with Gasteiger partial charge in [-0.3, -0.25) is 0 Å². The van der Waals surface area contributed by atoms with Crippen molar-refractivity contribution in [1.82, 2.24) is 0 Å². The zero-order chi connectivity index (χ0) is 13.3. The van der Waals surface area contributed by atoms with Crippen LogP contribution >= 0.6 is 0 Å². The lowest BCUT2D eigenvalue weighted by atomic mass is 9.79. The van der Waals surface area contributed by atoms with Gasteiger partial charge in [0.2, 0.25) is 0 Å². The van der Waals surface area contributed by atoms with Gasteiger partial charge in [-0.25, -0.2) is 0 Å². The van der Waals surface area contributed by atoms with Gasteiger partial charge in [0, 0.05) is 17.8 Å². The molecule has 1 atom stereocenters. The normalized spacial score (nSPS) is 22.2. The molecule has 0 fully saturated rings. The van der Waals surface area contributed by atoms with Gasteiger partial charge in [0.25, 0.3) is 0 Å². The van der Waals surface area contributed by atoms with Crippen molar-refractivity contribution in [2.24, 2.45) is 5.16 Å². The average Bonchev–Trinajstić information content (AvgIpc) is 2.29. The minimum atomic E-state index is 0.202. The molecular formula is C15H22N2O. The van der Waals surface area contributed by atoms with Crippen molar-refractivity contribution >= 4 is 11.9 Å². The van der Waals surface area contributed by atoms with Gasteiger partial charge in [-0.15, -0.1) is 0 Å². The molecule has 1 aliphatic heterocycles. The molecular weight excluding hydrogens is 224 g/mol.